The van der Waals surface area contributed by atoms with E-state index in [1.54, 1.807) is 17.5 Å². The maximum absolute atomic E-state index is 10.5. The Balaban J connectivity index is 0.000000229. The Bertz CT molecular complexity index is 1000. The van der Waals surface area contributed by atoms with Crippen LogP contribution in [0, 0.1) is 11.8 Å². The molecule has 3 aromatic rings. The molecular formula is C21H31N7O4. The first kappa shape index (κ1) is 24.9. The largest absolute Gasteiger partial charge is 0.462 e. The van der Waals surface area contributed by atoms with Crippen LogP contribution < -0.4 is 5.01 Å². The van der Waals surface area contributed by atoms with E-state index in [2.05, 4.69) is 37.1 Å². The fraction of sp³-hybridized carbons (Fsp3) is 0.524. The molecule has 0 unspecified atom stereocenters. The fourth-order valence-electron chi connectivity index (χ4n) is 2.74. The van der Waals surface area contributed by atoms with Gasteiger partial charge in [0.1, 0.15) is 11.2 Å². The summed E-state index contributed by atoms with van der Waals surface area (Å²) in [7, 11) is 3.71. The van der Waals surface area contributed by atoms with Gasteiger partial charge in [0.05, 0.1) is 11.5 Å². The third-order valence-corrected chi connectivity index (χ3v) is 4.42. The van der Waals surface area contributed by atoms with Gasteiger partial charge in [-0.1, -0.05) is 5.16 Å². The quantitative estimate of drug-likeness (QED) is 0.338. The van der Waals surface area contributed by atoms with Crippen molar-refractivity contribution in [3.63, 3.8) is 0 Å². The van der Waals surface area contributed by atoms with Gasteiger partial charge >= 0.3 is 0 Å². The van der Waals surface area contributed by atoms with E-state index >= 15 is 0 Å². The normalized spacial score (nSPS) is 13.6. The summed E-state index contributed by atoms with van der Waals surface area (Å²) in [5.41, 5.74) is 1.15. The summed E-state index contributed by atoms with van der Waals surface area (Å²) in [6.07, 6.45) is 6.35. The molecule has 0 atom stereocenters. The maximum Gasteiger partial charge on any atom is 0.293 e. The zero-order chi connectivity index (χ0) is 23.7. The van der Waals surface area contributed by atoms with Crippen LogP contribution in [0.3, 0.4) is 0 Å². The first-order chi connectivity index (χ1) is 15.1. The predicted molar refractivity (Wildman–Crippen MR) is 121 cm³/mol. The molecule has 0 aromatic carbocycles. The average Bonchev–Trinajstić information content (AvgIpc) is 3.47. The molecule has 0 N–H and O–H groups in total. The first-order valence-corrected chi connectivity index (χ1v) is 10.3. The molecule has 0 bridgehead atoms. The summed E-state index contributed by atoms with van der Waals surface area (Å²) in [5, 5.41) is 7.81. The van der Waals surface area contributed by atoms with Crippen molar-refractivity contribution in [1.29, 1.82) is 0 Å². The van der Waals surface area contributed by atoms with Crippen molar-refractivity contribution < 1.29 is 14.1 Å². The second-order valence-corrected chi connectivity index (χ2v) is 8.36. The molecule has 0 aliphatic carbocycles. The van der Waals surface area contributed by atoms with Crippen LogP contribution in [0.25, 0.3) is 17.0 Å². The number of hydrogen-bond donors (Lipinski definition) is 0. The highest BCUT2D eigenvalue weighted by Crippen LogP contribution is 2.20. The summed E-state index contributed by atoms with van der Waals surface area (Å²) >= 11 is 0. The Hall–Kier alpha value is -3.34. The number of carbonyl (C=O) groups is 1. The van der Waals surface area contributed by atoms with Crippen molar-refractivity contribution in [3.05, 3.63) is 35.3 Å². The number of pyridine rings is 1. The summed E-state index contributed by atoms with van der Waals surface area (Å²) in [6, 6.07) is 3.66. The molecule has 11 nitrogen and oxygen atoms in total. The van der Waals surface area contributed by atoms with Gasteiger partial charge < -0.3 is 18.6 Å². The zero-order valence-electron chi connectivity index (χ0n) is 19.5. The average molecular weight is 446 g/mol. The Morgan fingerprint density at radius 3 is 2.38 bits per heavy atom. The monoisotopic (exact) mass is 445 g/mol. The summed E-state index contributed by atoms with van der Waals surface area (Å²) in [6.45, 7) is 10.3. The van der Waals surface area contributed by atoms with Gasteiger partial charge in [0.25, 0.3) is 6.47 Å². The molecule has 32 heavy (non-hydrogen) atoms. The van der Waals surface area contributed by atoms with E-state index < -0.39 is 0 Å². The highest BCUT2D eigenvalue weighted by molar-refractivity contribution is 5.62. The molecule has 11 heteroatoms. The van der Waals surface area contributed by atoms with Crippen LogP contribution >= 0.6 is 0 Å². The topological polar surface area (TPSA) is 118 Å². The minimum atomic E-state index is -0.318. The maximum atomic E-state index is 10.5. The third-order valence-electron chi connectivity index (χ3n) is 4.42. The second kappa shape index (κ2) is 11.3. The van der Waals surface area contributed by atoms with Crippen molar-refractivity contribution in [2.24, 2.45) is 5.29 Å². The summed E-state index contributed by atoms with van der Waals surface area (Å²) < 4.78 is 11.3. The lowest BCUT2D eigenvalue weighted by Crippen LogP contribution is -2.17. The molecule has 4 heterocycles. The van der Waals surface area contributed by atoms with Crippen LogP contribution in [0.15, 0.2) is 34.3 Å². The minimum absolute atomic E-state index is 0.318. The van der Waals surface area contributed by atoms with Gasteiger partial charge in [-0.05, 0) is 65.9 Å². The number of carbonyl (C=O) groups excluding carboxylic acids is 1. The van der Waals surface area contributed by atoms with Crippen molar-refractivity contribution in [3.8, 4) is 11.4 Å². The van der Waals surface area contributed by atoms with E-state index in [0.717, 1.165) is 10.6 Å². The van der Waals surface area contributed by atoms with Gasteiger partial charge in [-0.15, -0.1) is 4.91 Å². The highest BCUT2D eigenvalue weighted by Gasteiger charge is 2.10. The number of anilines is 1. The number of nitrogens with zero attached hydrogens (tertiary/aromatic N) is 7. The van der Waals surface area contributed by atoms with E-state index in [1.807, 2.05) is 39.1 Å². The van der Waals surface area contributed by atoms with Gasteiger partial charge in [0, 0.05) is 25.7 Å². The molecule has 174 valence electrons. The molecule has 4 rings (SSSR count). The highest BCUT2D eigenvalue weighted by atomic mass is 16.5. The van der Waals surface area contributed by atoms with E-state index in [1.165, 1.54) is 33.0 Å². The predicted octanol–water partition coefficient (Wildman–Crippen LogP) is 3.48. The SMILES string of the molecule is CC(C)(C)OC=O.CN1CCCC1.Cc1nc(-c2ccn3cc(N(C)N=O)nc3c2)no1. The molecule has 1 aliphatic heterocycles. The molecule has 1 aliphatic rings. The lowest BCUT2D eigenvalue weighted by molar-refractivity contribution is -0.138. The van der Waals surface area contributed by atoms with Gasteiger partial charge in [0.2, 0.25) is 11.7 Å². The Morgan fingerprint density at radius 2 is 1.94 bits per heavy atom. The number of hydrogen-bond acceptors (Lipinski definition) is 9. The number of likely N-dealkylation sites (tertiary alicyclic amines) is 1. The van der Waals surface area contributed by atoms with Crippen molar-refractivity contribution in [2.75, 3.05) is 32.2 Å². The minimum Gasteiger partial charge on any atom is -0.462 e. The molecule has 1 saturated heterocycles. The van der Waals surface area contributed by atoms with Crippen molar-refractivity contribution in [1.82, 2.24) is 24.4 Å². The molecule has 0 spiro atoms. The first-order valence-electron chi connectivity index (χ1n) is 10.3. The van der Waals surface area contributed by atoms with Crippen molar-refractivity contribution in [2.45, 2.75) is 46.1 Å². The number of nitroso groups, excluding NO2 is 1. The summed E-state index contributed by atoms with van der Waals surface area (Å²) in [5.74, 6) is 1.48. The third kappa shape index (κ3) is 7.73. The smallest absolute Gasteiger partial charge is 0.293 e. The lowest BCUT2D eigenvalue weighted by Gasteiger charge is -2.14. The summed E-state index contributed by atoms with van der Waals surface area (Å²) in [4.78, 5) is 30.9. The van der Waals surface area contributed by atoms with Crippen LogP contribution in [-0.4, -0.2) is 63.7 Å². The number of rotatable bonds is 4. The Morgan fingerprint density at radius 1 is 1.25 bits per heavy atom. The molecule has 0 saturated carbocycles. The Labute approximate surface area is 187 Å². The molecular weight excluding hydrogens is 414 g/mol. The lowest BCUT2D eigenvalue weighted by atomic mass is 10.2. The van der Waals surface area contributed by atoms with Crippen LogP contribution in [0.1, 0.15) is 39.5 Å². The van der Waals surface area contributed by atoms with Crippen molar-refractivity contribution >= 4 is 17.9 Å². The van der Waals surface area contributed by atoms with Crippen LogP contribution in [0.2, 0.25) is 0 Å². The molecule has 0 amide bonds. The van der Waals surface area contributed by atoms with E-state index in [9.17, 15) is 9.70 Å². The molecule has 3 aromatic heterocycles. The zero-order valence-corrected chi connectivity index (χ0v) is 19.5. The van der Waals surface area contributed by atoms with E-state index in [-0.39, 0.29) is 5.60 Å². The molecule has 0 radical (unpaired) electrons. The van der Waals surface area contributed by atoms with Crippen LogP contribution in [0.4, 0.5) is 5.82 Å². The van der Waals surface area contributed by atoms with E-state index in [0.29, 0.717) is 29.7 Å². The number of imidazole rings is 1. The van der Waals surface area contributed by atoms with Crippen LogP contribution in [-0.2, 0) is 9.53 Å². The standard InChI is InChI=1S/C11H10N6O2.C5H11N.C5H10O2/c1-7-12-11(14-19-7)8-3-4-17-6-10(16(2)15-18)13-9(17)5-8;1-6-4-2-3-5-6;1-5(2,3)7-4-6/h3-6H,1-2H3;2-5H2,1H3;4H,1-3H3. The van der Waals surface area contributed by atoms with Gasteiger partial charge in [-0.25, -0.2) is 9.99 Å². The van der Waals surface area contributed by atoms with E-state index in [4.69, 9.17) is 4.52 Å². The second-order valence-electron chi connectivity index (χ2n) is 8.36. The van der Waals surface area contributed by atoms with Gasteiger partial charge in [0.15, 0.2) is 5.82 Å². The number of aromatic nitrogens is 4. The van der Waals surface area contributed by atoms with Gasteiger partial charge in [-0.3, -0.25) is 4.79 Å². The van der Waals surface area contributed by atoms with Gasteiger partial charge in [-0.2, -0.15) is 4.98 Å². The number of fused-ring (bicyclic) bond motifs is 1. The molecule has 1 fully saturated rings. The fourth-order valence-corrected chi connectivity index (χ4v) is 2.74. The Kier molecular flexibility index (Phi) is 8.82. The van der Waals surface area contributed by atoms with Crippen LogP contribution in [0.5, 0.6) is 0 Å². The number of aryl methyl sites for hydroxylation is 1. The number of ether oxygens (including phenoxy) is 1.